The topological polar surface area (TPSA) is 49.3 Å². The minimum Gasteiger partial charge on any atom is -0.391 e. The molecule has 0 radical (unpaired) electrons. The van der Waals surface area contributed by atoms with E-state index in [1.165, 1.54) is 23.3 Å². The molecule has 0 saturated carbocycles. The lowest BCUT2D eigenvalue weighted by atomic mass is 9.99. The van der Waals surface area contributed by atoms with Crippen molar-refractivity contribution < 1.29 is 9.90 Å². The number of carbonyl (C=O) groups excluding carboxylic acids is 1. The van der Waals surface area contributed by atoms with E-state index < -0.39 is 6.10 Å². The summed E-state index contributed by atoms with van der Waals surface area (Å²) < 4.78 is 0. The highest BCUT2D eigenvalue weighted by molar-refractivity contribution is 7.14. The number of hydrogen-bond donors (Lipinski definition) is 2. The maximum Gasteiger partial charge on any atom is 0.261 e. The molecule has 1 aliphatic carbocycles. The predicted molar refractivity (Wildman–Crippen MR) is 74.1 cm³/mol. The van der Waals surface area contributed by atoms with Crippen molar-refractivity contribution in [2.24, 2.45) is 5.92 Å². The number of carbonyl (C=O) groups is 1. The van der Waals surface area contributed by atoms with Crippen molar-refractivity contribution >= 4 is 17.2 Å². The van der Waals surface area contributed by atoms with Crippen LogP contribution in [0.25, 0.3) is 0 Å². The van der Waals surface area contributed by atoms with E-state index in [-0.39, 0.29) is 11.8 Å². The van der Waals surface area contributed by atoms with Crippen LogP contribution in [0, 0.1) is 5.92 Å². The zero-order chi connectivity index (χ0) is 13.1. The lowest BCUT2D eigenvalue weighted by molar-refractivity contribution is 0.0875. The summed E-state index contributed by atoms with van der Waals surface area (Å²) in [6.45, 7) is 4.22. The maximum absolute atomic E-state index is 12.0. The van der Waals surface area contributed by atoms with Crippen LogP contribution >= 0.6 is 11.3 Å². The molecule has 2 rings (SSSR count). The average Bonchev–Trinajstić information content (AvgIpc) is 2.79. The van der Waals surface area contributed by atoms with E-state index in [1.54, 1.807) is 11.3 Å². The number of nitrogens with one attached hydrogen (secondary N) is 1. The van der Waals surface area contributed by atoms with E-state index in [1.807, 2.05) is 19.9 Å². The Morgan fingerprint density at radius 1 is 1.44 bits per heavy atom. The third-order valence-corrected chi connectivity index (χ3v) is 4.70. The molecule has 1 atom stereocenters. The van der Waals surface area contributed by atoms with Gasteiger partial charge in [-0.1, -0.05) is 13.8 Å². The van der Waals surface area contributed by atoms with Crippen LogP contribution in [0.1, 0.15) is 46.8 Å². The molecule has 0 aromatic carbocycles. The zero-order valence-electron chi connectivity index (χ0n) is 11.0. The fourth-order valence-corrected chi connectivity index (χ4v) is 3.29. The summed E-state index contributed by atoms with van der Waals surface area (Å²) in [6, 6.07) is 2.02. The normalized spacial score (nSPS) is 16.4. The third-order valence-electron chi connectivity index (χ3n) is 3.46. The lowest BCUT2D eigenvalue weighted by Gasteiger charge is -2.14. The first-order valence-electron chi connectivity index (χ1n) is 6.65. The first-order valence-corrected chi connectivity index (χ1v) is 7.47. The van der Waals surface area contributed by atoms with Gasteiger partial charge in [-0.05, 0) is 43.2 Å². The van der Waals surface area contributed by atoms with Crippen molar-refractivity contribution in [3.05, 3.63) is 21.4 Å². The van der Waals surface area contributed by atoms with Crippen molar-refractivity contribution in [3.63, 3.8) is 0 Å². The standard InChI is InChI=1S/C14H21NO2S/c1-9(2)11(16)8-15-14(17)13-7-10-5-3-4-6-12(10)18-13/h7,9,11,16H,3-6,8H2,1-2H3,(H,15,17). The Kier molecular flexibility index (Phi) is 4.40. The second-order valence-electron chi connectivity index (χ2n) is 5.29. The van der Waals surface area contributed by atoms with Gasteiger partial charge in [0, 0.05) is 11.4 Å². The number of aliphatic hydroxyl groups is 1. The smallest absolute Gasteiger partial charge is 0.261 e. The van der Waals surface area contributed by atoms with Gasteiger partial charge in [0.2, 0.25) is 0 Å². The molecule has 1 aliphatic rings. The molecule has 1 aromatic rings. The second kappa shape index (κ2) is 5.85. The van der Waals surface area contributed by atoms with E-state index in [0.29, 0.717) is 6.54 Å². The Morgan fingerprint density at radius 3 is 2.83 bits per heavy atom. The Morgan fingerprint density at radius 2 is 2.17 bits per heavy atom. The molecule has 100 valence electrons. The molecule has 1 aromatic heterocycles. The van der Waals surface area contributed by atoms with E-state index in [4.69, 9.17) is 0 Å². The summed E-state index contributed by atoms with van der Waals surface area (Å²) in [5, 5.41) is 12.5. The number of thiophene rings is 1. The van der Waals surface area contributed by atoms with Gasteiger partial charge in [0.15, 0.2) is 0 Å². The Balaban J connectivity index is 1.95. The van der Waals surface area contributed by atoms with E-state index in [2.05, 4.69) is 5.32 Å². The summed E-state index contributed by atoms with van der Waals surface area (Å²) in [4.78, 5) is 14.1. The SMILES string of the molecule is CC(C)C(O)CNC(=O)c1cc2c(s1)CCCC2. The molecule has 0 spiro atoms. The van der Waals surface area contributed by atoms with Crippen LogP contribution in [0.3, 0.4) is 0 Å². The number of aryl methyl sites for hydroxylation is 2. The molecule has 3 nitrogen and oxygen atoms in total. The zero-order valence-corrected chi connectivity index (χ0v) is 11.8. The highest BCUT2D eigenvalue weighted by Crippen LogP contribution is 2.29. The predicted octanol–water partition coefficient (Wildman–Crippen LogP) is 2.37. The maximum atomic E-state index is 12.0. The molecule has 1 amide bonds. The molecule has 18 heavy (non-hydrogen) atoms. The van der Waals surface area contributed by atoms with E-state index >= 15 is 0 Å². The monoisotopic (exact) mass is 267 g/mol. The van der Waals surface area contributed by atoms with Crippen molar-refractivity contribution in [3.8, 4) is 0 Å². The highest BCUT2D eigenvalue weighted by Gasteiger charge is 2.18. The van der Waals surface area contributed by atoms with Crippen LogP contribution in [0.2, 0.25) is 0 Å². The molecule has 0 bridgehead atoms. The first-order chi connectivity index (χ1) is 8.58. The largest absolute Gasteiger partial charge is 0.391 e. The van der Waals surface area contributed by atoms with E-state index in [0.717, 1.165) is 17.7 Å². The highest BCUT2D eigenvalue weighted by atomic mass is 32.1. The van der Waals surface area contributed by atoms with Crippen molar-refractivity contribution in [2.45, 2.75) is 45.6 Å². The van der Waals surface area contributed by atoms with Crippen molar-refractivity contribution in [1.29, 1.82) is 0 Å². The summed E-state index contributed by atoms with van der Waals surface area (Å²) in [7, 11) is 0. The van der Waals surface area contributed by atoms with Crippen LogP contribution in [-0.4, -0.2) is 23.7 Å². The molecule has 0 saturated heterocycles. The Labute approximate surface area is 112 Å². The van der Waals surface area contributed by atoms with Crippen LogP contribution in [0.15, 0.2) is 6.07 Å². The van der Waals surface area contributed by atoms with Gasteiger partial charge < -0.3 is 10.4 Å². The molecule has 1 heterocycles. The fourth-order valence-electron chi connectivity index (χ4n) is 2.12. The van der Waals surface area contributed by atoms with Crippen LogP contribution in [0.5, 0.6) is 0 Å². The molecule has 0 aliphatic heterocycles. The minimum atomic E-state index is -0.469. The van der Waals surface area contributed by atoms with Gasteiger partial charge in [0.05, 0.1) is 11.0 Å². The van der Waals surface area contributed by atoms with Crippen LogP contribution in [-0.2, 0) is 12.8 Å². The van der Waals surface area contributed by atoms with Gasteiger partial charge in [-0.15, -0.1) is 11.3 Å². The summed E-state index contributed by atoms with van der Waals surface area (Å²) in [5.41, 5.74) is 1.35. The first kappa shape index (κ1) is 13.6. The molecule has 0 fully saturated rings. The minimum absolute atomic E-state index is 0.0471. The van der Waals surface area contributed by atoms with Gasteiger partial charge in [0.1, 0.15) is 0 Å². The van der Waals surface area contributed by atoms with Gasteiger partial charge >= 0.3 is 0 Å². The van der Waals surface area contributed by atoms with Gasteiger partial charge in [0.25, 0.3) is 5.91 Å². The molecule has 1 unspecified atom stereocenters. The lowest BCUT2D eigenvalue weighted by Crippen LogP contribution is -2.34. The van der Waals surface area contributed by atoms with Crippen LogP contribution in [0.4, 0.5) is 0 Å². The van der Waals surface area contributed by atoms with Gasteiger partial charge in [-0.25, -0.2) is 0 Å². The Hall–Kier alpha value is -0.870. The third kappa shape index (κ3) is 3.12. The fraction of sp³-hybridized carbons (Fsp3) is 0.643. The van der Waals surface area contributed by atoms with Crippen molar-refractivity contribution in [2.75, 3.05) is 6.54 Å². The number of rotatable bonds is 4. The summed E-state index contributed by atoms with van der Waals surface area (Å²) in [5.74, 6) is 0.121. The number of amides is 1. The van der Waals surface area contributed by atoms with E-state index in [9.17, 15) is 9.90 Å². The Bertz CT molecular complexity index is 402. The molecular weight excluding hydrogens is 246 g/mol. The average molecular weight is 267 g/mol. The number of hydrogen-bond acceptors (Lipinski definition) is 3. The van der Waals surface area contributed by atoms with Crippen LogP contribution < -0.4 is 5.32 Å². The quantitative estimate of drug-likeness (QED) is 0.880. The van der Waals surface area contributed by atoms with Gasteiger partial charge in [-0.3, -0.25) is 4.79 Å². The number of aliphatic hydroxyl groups excluding tert-OH is 1. The molecule has 4 heteroatoms. The number of fused-ring (bicyclic) bond motifs is 1. The van der Waals surface area contributed by atoms with Gasteiger partial charge in [-0.2, -0.15) is 0 Å². The van der Waals surface area contributed by atoms with Crippen molar-refractivity contribution in [1.82, 2.24) is 5.32 Å². The molecular formula is C14H21NO2S. The molecule has 2 N–H and O–H groups in total. The summed E-state index contributed by atoms with van der Waals surface area (Å²) >= 11 is 1.61. The second-order valence-corrected chi connectivity index (χ2v) is 6.42. The summed E-state index contributed by atoms with van der Waals surface area (Å²) in [6.07, 6.45) is 4.22.